The molecular formula is C31H44O5. The van der Waals surface area contributed by atoms with Gasteiger partial charge in [-0.3, -0.25) is 19.2 Å². The summed E-state index contributed by atoms with van der Waals surface area (Å²) in [6.45, 7) is 16.8. The molecule has 0 bridgehead atoms. The highest BCUT2D eigenvalue weighted by Crippen LogP contribution is 2.64. The molecule has 0 saturated heterocycles. The number of hydrogen-bond donors (Lipinski definition) is 0. The van der Waals surface area contributed by atoms with Crippen LogP contribution in [0.1, 0.15) is 92.9 Å². The van der Waals surface area contributed by atoms with E-state index in [2.05, 4.69) is 27.4 Å². The monoisotopic (exact) mass is 496 g/mol. The third-order valence-corrected chi connectivity index (χ3v) is 10.8. The van der Waals surface area contributed by atoms with Crippen molar-refractivity contribution in [2.24, 2.45) is 46.3 Å². The van der Waals surface area contributed by atoms with Gasteiger partial charge in [-0.25, -0.2) is 0 Å². The molecule has 0 aromatic heterocycles. The highest BCUT2D eigenvalue weighted by atomic mass is 16.5. The third-order valence-electron chi connectivity index (χ3n) is 10.8. The molecule has 5 nitrogen and oxygen atoms in total. The predicted octanol–water partition coefficient (Wildman–Crippen LogP) is 6.05. The van der Waals surface area contributed by atoms with E-state index in [1.165, 1.54) is 0 Å². The van der Waals surface area contributed by atoms with E-state index in [9.17, 15) is 19.2 Å². The Balaban J connectivity index is 1.56. The zero-order valence-electron chi connectivity index (χ0n) is 23.1. The Bertz CT molecular complexity index is 1020. The fraction of sp³-hybridized carbons (Fsp3) is 0.742. The van der Waals surface area contributed by atoms with Crippen molar-refractivity contribution in [2.45, 2.75) is 92.9 Å². The zero-order valence-corrected chi connectivity index (χ0v) is 23.1. The minimum atomic E-state index is -0.361. The first-order valence-electron chi connectivity index (χ1n) is 14.0. The summed E-state index contributed by atoms with van der Waals surface area (Å²) in [7, 11) is 0. The summed E-state index contributed by atoms with van der Waals surface area (Å²) in [5, 5.41) is 0. The number of carbonyl (C=O) groups is 4. The van der Waals surface area contributed by atoms with Gasteiger partial charge < -0.3 is 4.74 Å². The summed E-state index contributed by atoms with van der Waals surface area (Å²) in [4.78, 5) is 52.1. The van der Waals surface area contributed by atoms with E-state index in [1.54, 1.807) is 0 Å². The Morgan fingerprint density at radius 1 is 1.14 bits per heavy atom. The molecule has 0 aromatic carbocycles. The fourth-order valence-electron chi connectivity index (χ4n) is 8.50. The molecule has 0 radical (unpaired) electrons. The van der Waals surface area contributed by atoms with Crippen molar-refractivity contribution < 1.29 is 23.9 Å². The van der Waals surface area contributed by atoms with E-state index in [4.69, 9.17) is 4.74 Å². The summed E-state index contributed by atoms with van der Waals surface area (Å²) < 4.78 is 5.16. The molecule has 8 atom stereocenters. The molecule has 0 aliphatic heterocycles. The summed E-state index contributed by atoms with van der Waals surface area (Å²) in [5.41, 5.74) is 1.92. The number of Topliss-reactive ketones (excluding diaryl/α,β-unsaturated/α-hetero) is 3. The van der Waals surface area contributed by atoms with Crippen LogP contribution < -0.4 is 0 Å². The topological polar surface area (TPSA) is 77.5 Å². The first kappa shape index (κ1) is 27.0. The van der Waals surface area contributed by atoms with Crippen LogP contribution in [0.4, 0.5) is 0 Å². The summed E-state index contributed by atoms with van der Waals surface area (Å²) in [6, 6.07) is 0. The second kappa shape index (κ2) is 9.68. The van der Waals surface area contributed by atoms with Gasteiger partial charge in [-0.05, 0) is 75.0 Å². The summed E-state index contributed by atoms with van der Waals surface area (Å²) in [6.07, 6.45) is 5.68. The average Bonchev–Trinajstić information content (AvgIpc) is 3.17. The van der Waals surface area contributed by atoms with Crippen LogP contribution >= 0.6 is 0 Å². The minimum Gasteiger partial charge on any atom is -0.466 e. The molecule has 0 spiro atoms. The van der Waals surface area contributed by atoms with Crippen molar-refractivity contribution in [2.75, 3.05) is 6.61 Å². The van der Waals surface area contributed by atoms with Gasteiger partial charge in [0.1, 0.15) is 5.78 Å². The Kier molecular flexibility index (Phi) is 7.27. The molecule has 5 heteroatoms. The van der Waals surface area contributed by atoms with Crippen LogP contribution in [0.3, 0.4) is 0 Å². The van der Waals surface area contributed by atoms with Crippen molar-refractivity contribution in [1.29, 1.82) is 0 Å². The minimum absolute atomic E-state index is 0.0539. The molecule has 0 aromatic rings. The van der Waals surface area contributed by atoms with Crippen LogP contribution in [-0.2, 0) is 23.9 Å². The molecule has 0 heterocycles. The van der Waals surface area contributed by atoms with Gasteiger partial charge in [0.15, 0.2) is 11.6 Å². The van der Waals surface area contributed by atoms with Gasteiger partial charge in [-0.1, -0.05) is 39.8 Å². The smallest absolute Gasteiger partial charge is 0.312 e. The first-order valence-corrected chi connectivity index (χ1v) is 14.0. The molecule has 198 valence electrons. The van der Waals surface area contributed by atoms with Crippen molar-refractivity contribution in [3.63, 3.8) is 0 Å². The quantitative estimate of drug-likeness (QED) is 0.316. The van der Waals surface area contributed by atoms with Gasteiger partial charge >= 0.3 is 5.97 Å². The summed E-state index contributed by atoms with van der Waals surface area (Å²) in [5.74, 6) is 0.563. The molecule has 4 aliphatic carbocycles. The Morgan fingerprint density at radius 3 is 2.50 bits per heavy atom. The van der Waals surface area contributed by atoms with Crippen molar-refractivity contribution in [3.05, 3.63) is 23.3 Å². The number of ether oxygens (including phenoxy) is 1. The second-order valence-corrected chi connectivity index (χ2v) is 12.7. The normalized spacial score (nSPS) is 37.7. The van der Waals surface area contributed by atoms with Crippen LogP contribution in [0.2, 0.25) is 0 Å². The SMILES string of the molecule is C=C(CC[C@@H](C)[C@H]1CCC2C3=C(C(=O)C[C@@]21C)[C@@]1(C)CCC(=O)[C@@H](C)C1CC3=O)C(C)C(=O)OCC. The lowest BCUT2D eigenvalue weighted by Gasteiger charge is -2.53. The maximum absolute atomic E-state index is 13.9. The van der Waals surface area contributed by atoms with Gasteiger partial charge in [-0.15, -0.1) is 0 Å². The highest BCUT2D eigenvalue weighted by Gasteiger charge is 2.61. The van der Waals surface area contributed by atoms with Crippen LogP contribution in [-0.4, -0.2) is 29.9 Å². The lowest BCUT2D eigenvalue weighted by atomic mass is 9.48. The number of fused-ring (bicyclic) bond motifs is 4. The number of carbonyl (C=O) groups excluding carboxylic acids is 4. The lowest BCUT2D eigenvalue weighted by molar-refractivity contribution is -0.146. The Morgan fingerprint density at radius 2 is 1.83 bits per heavy atom. The Hall–Kier alpha value is -2.04. The second-order valence-electron chi connectivity index (χ2n) is 12.7. The van der Waals surface area contributed by atoms with Crippen molar-refractivity contribution >= 4 is 23.3 Å². The van der Waals surface area contributed by atoms with Crippen LogP contribution in [0.25, 0.3) is 0 Å². The van der Waals surface area contributed by atoms with Crippen LogP contribution in [0.15, 0.2) is 23.3 Å². The first-order chi connectivity index (χ1) is 16.9. The van der Waals surface area contributed by atoms with Gasteiger partial charge in [0.2, 0.25) is 0 Å². The van der Waals surface area contributed by atoms with Gasteiger partial charge in [0.05, 0.1) is 12.5 Å². The molecule has 2 saturated carbocycles. The molecule has 36 heavy (non-hydrogen) atoms. The van der Waals surface area contributed by atoms with Crippen molar-refractivity contribution in [3.8, 4) is 0 Å². The average molecular weight is 497 g/mol. The van der Waals surface area contributed by atoms with E-state index >= 15 is 0 Å². The predicted molar refractivity (Wildman–Crippen MR) is 139 cm³/mol. The molecule has 4 aliphatic rings. The number of ketones is 3. The number of rotatable bonds is 7. The molecular weight excluding hydrogens is 452 g/mol. The maximum atomic E-state index is 13.9. The highest BCUT2D eigenvalue weighted by molar-refractivity contribution is 6.11. The largest absolute Gasteiger partial charge is 0.466 e. The molecule has 0 amide bonds. The maximum Gasteiger partial charge on any atom is 0.312 e. The molecule has 2 fully saturated rings. The van der Waals surface area contributed by atoms with Crippen LogP contribution in [0, 0.1) is 46.3 Å². The van der Waals surface area contributed by atoms with Gasteiger partial charge in [0, 0.05) is 41.7 Å². The summed E-state index contributed by atoms with van der Waals surface area (Å²) >= 11 is 0. The third kappa shape index (κ3) is 4.15. The van der Waals surface area contributed by atoms with E-state index in [-0.39, 0.29) is 57.8 Å². The van der Waals surface area contributed by atoms with Crippen molar-refractivity contribution in [1.82, 2.24) is 0 Å². The lowest BCUT2D eigenvalue weighted by Crippen LogP contribution is -2.53. The molecule has 0 N–H and O–H groups in total. The fourth-order valence-corrected chi connectivity index (χ4v) is 8.50. The van der Waals surface area contributed by atoms with E-state index in [0.717, 1.165) is 42.4 Å². The number of esters is 1. The molecule has 4 rings (SSSR count). The van der Waals surface area contributed by atoms with E-state index in [1.807, 2.05) is 20.8 Å². The van der Waals surface area contributed by atoms with Gasteiger partial charge in [-0.2, -0.15) is 0 Å². The number of hydrogen-bond acceptors (Lipinski definition) is 5. The van der Waals surface area contributed by atoms with Gasteiger partial charge in [0.25, 0.3) is 0 Å². The van der Waals surface area contributed by atoms with Crippen LogP contribution in [0.5, 0.6) is 0 Å². The Labute approximate surface area is 216 Å². The zero-order chi connectivity index (χ0) is 26.6. The van der Waals surface area contributed by atoms with E-state index in [0.29, 0.717) is 44.1 Å². The number of allylic oxidation sites excluding steroid dienone is 2. The molecule has 3 unspecified atom stereocenters. The van der Waals surface area contributed by atoms with E-state index < -0.39 is 0 Å². The standard InChI is InChI=1S/C31H44O5/c1-8-36-29(35)19(4)17(2)9-10-18(3)21-11-12-22-27-25(33)15-23-20(5)24(32)13-14-30(23,6)28(27)26(34)16-31(21,22)7/h18-23H,2,8-16H2,1,3-7H3/t18-,19?,20+,21-,22?,23?,30+,31-/m1/s1.